The number of rotatable bonds is 5. The fraction of sp³-hybridized carbons (Fsp3) is 0.250. The van der Waals surface area contributed by atoms with Gasteiger partial charge in [-0.2, -0.15) is 0 Å². The summed E-state index contributed by atoms with van der Waals surface area (Å²) >= 11 is 0. The van der Waals surface area contributed by atoms with Crippen molar-refractivity contribution < 1.29 is 9.32 Å². The van der Waals surface area contributed by atoms with E-state index in [1.807, 2.05) is 32.9 Å². The quantitative estimate of drug-likeness (QED) is 0.393. The molecule has 0 aromatic carbocycles. The third kappa shape index (κ3) is 4.60. The molecule has 35 heavy (non-hydrogen) atoms. The summed E-state index contributed by atoms with van der Waals surface area (Å²) in [6.07, 6.45) is 6.38. The Morgan fingerprint density at radius 3 is 2.63 bits per heavy atom. The predicted molar refractivity (Wildman–Crippen MR) is 127 cm³/mol. The van der Waals surface area contributed by atoms with E-state index in [1.54, 1.807) is 37.6 Å². The van der Waals surface area contributed by atoms with Crippen LogP contribution in [0.2, 0.25) is 0 Å². The smallest absolute Gasteiger partial charge is 0.270 e. The van der Waals surface area contributed by atoms with Crippen LogP contribution in [-0.4, -0.2) is 46.0 Å². The number of aromatic nitrogens is 8. The summed E-state index contributed by atoms with van der Waals surface area (Å²) < 4.78 is 5.48. The SMILES string of the molecule is C[C@@H](NC(=O)c1cc(-c2ccncc2)ncn1)c1cc(-c2nc3cnc(C(C)(C)C)nc3[nH]2)no1. The lowest BCUT2D eigenvalue weighted by Crippen LogP contribution is -2.27. The Bertz CT molecular complexity index is 1500. The molecule has 0 aliphatic carbocycles. The van der Waals surface area contributed by atoms with Gasteiger partial charge in [0, 0.05) is 29.4 Å². The van der Waals surface area contributed by atoms with Crippen LogP contribution in [-0.2, 0) is 5.41 Å². The van der Waals surface area contributed by atoms with Gasteiger partial charge in [0.05, 0.1) is 17.9 Å². The lowest BCUT2D eigenvalue weighted by Gasteiger charge is -2.15. The molecule has 5 rings (SSSR count). The number of nitrogens with one attached hydrogen (secondary N) is 2. The number of aromatic amines is 1. The van der Waals surface area contributed by atoms with Gasteiger partial charge in [-0.1, -0.05) is 25.9 Å². The number of H-pyrrole nitrogens is 1. The molecule has 0 aliphatic rings. The second kappa shape index (κ2) is 8.67. The molecule has 0 fully saturated rings. The molecule has 5 aromatic rings. The van der Waals surface area contributed by atoms with E-state index in [9.17, 15) is 4.79 Å². The fourth-order valence-corrected chi connectivity index (χ4v) is 3.40. The molecule has 1 amide bonds. The van der Waals surface area contributed by atoms with E-state index >= 15 is 0 Å². The Hall–Kier alpha value is -4.54. The van der Waals surface area contributed by atoms with E-state index < -0.39 is 6.04 Å². The van der Waals surface area contributed by atoms with Gasteiger partial charge < -0.3 is 14.8 Å². The Morgan fingerprint density at radius 2 is 1.86 bits per heavy atom. The van der Waals surface area contributed by atoms with Gasteiger partial charge >= 0.3 is 0 Å². The summed E-state index contributed by atoms with van der Waals surface area (Å²) in [7, 11) is 0. The monoisotopic (exact) mass is 469 g/mol. The molecule has 5 aromatic heterocycles. The lowest BCUT2D eigenvalue weighted by atomic mass is 9.96. The van der Waals surface area contributed by atoms with E-state index in [-0.39, 0.29) is 17.0 Å². The number of hydrogen-bond donors (Lipinski definition) is 2. The Balaban J connectivity index is 1.32. The second-order valence-electron chi connectivity index (χ2n) is 9.10. The number of pyridine rings is 1. The maximum atomic E-state index is 12.8. The van der Waals surface area contributed by atoms with E-state index in [4.69, 9.17) is 4.52 Å². The first-order chi connectivity index (χ1) is 16.8. The highest BCUT2D eigenvalue weighted by Gasteiger charge is 2.21. The maximum Gasteiger partial charge on any atom is 0.270 e. The first-order valence-corrected chi connectivity index (χ1v) is 11.0. The van der Waals surface area contributed by atoms with Crippen LogP contribution in [0.15, 0.2) is 53.7 Å². The molecule has 0 radical (unpaired) electrons. The summed E-state index contributed by atoms with van der Waals surface area (Å²) in [4.78, 5) is 41.8. The summed E-state index contributed by atoms with van der Waals surface area (Å²) in [5.41, 5.74) is 3.28. The molecule has 0 spiro atoms. The third-order valence-electron chi connectivity index (χ3n) is 5.33. The Morgan fingerprint density at radius 1 is 1.06 bits per heavy atom. The van der Waals surface area contributed by atoms with Crippen molar-refractivity contribution in [2.75, 3.05) is 0 Å². The van der Waals surface area contributed by atoms with Crippen LogP contribution in [0.5, 0.6) is 0 Å². The highest BCUT2D eigenvalue weighted by Crippen LogP contribution is 2.24. The van der Waals surface area contributed by atoms with Gasteiger partial charge in [-0.25, -0.2) is 24.9 Å². The van der Waals surface area contributed by atoms with Crippen molar-refractivity contribution >= 4 is 17.1 Å². The van der Waals surface area contributed by atoms with Gasteiger partial charge in [0.2, 0.25) is 0 Å². The molecule has 0 saturated carbocycles. The number of amides is 1. The number of carbonyl (C=O) groups is 1. The number of carbonyl (C=O) groups excluding carboxylic acids is 1. The van der Waals surface area contributed by atoms with Gasteiger partial charge in [-0.15, -0.1) is 0 Å². The van der Waals surface area contributed by atoms with Crippen LogP contribution in [0.25, 0.3) is 33.9 Å². The highest BCUT2D eigenvalue weighted by atomic mass is 16.5. The third-order valence-corrected chi connectivity index (χ3v) is 5.33. The maximum absolute atomic E-state index is 12.8. The summed E-state index contributed by atoms with van der Waals surface area (Å²) in [6.45, 7) is 7.94. The lowest BCUT2D eigenvalue weighted by molar-refractivity contribution is 0.0928. The van der Waals surface area contributed by atoms with Gasteiger partial charge in [0.15, 0.2) is 17.2 Å². The van der Waals surface area contributed by atoms with Crippen molar-refractivity contribution in [3.8, 4) is 22.8 Å². The number of imidazole rings is 1. The molecule has 2 N–H and O–H groups in total. The van der Waals surface area contributed by atoms with Crippen LogP contribution < -0.4 is 5.32 Å². The van der Waals surface area contributed by atoms with Crippen LogP contribution in [0, 0.1) is 0 Å². The first kappa shape index (κ1) is 22.3. The average molecular weight is 470 g/mol. The zero-order valence-corrected chi connectivity index (χ0v) is 19.6. The molecule has 11 nitrogen and oxygen atoms in total. The molecule has 0 bridgehead atoms. The minimum Gasteiger partial charge on any atom is -0.358 e. The molecular formula is C24H23N9O2. The predicted octanol–water partition coefficient (Wildman–Crippen LogP) is 3.65. The zero-order chi connectivity index (χ0) is 24.6. The van der Waals surface area contributed by atoms with Crippen molar-refractivity contribution in [1.82, 2.24) is 45.4 Å². The van der Waals surface area contributed by atoms with Gasteiger partial charge in [0.1, 0.15) is 29.1 Å². The zero-order valence-electron chi connectivity index (χ0n) is 19.6. The number of nitrogens with zero attached hydrogens (tertiary/aromatic N) is 7. The Kier molecular flexibility index (Phi) is 5.51. The van der Waals surface area contributed by atoms with Crippen molar-refractivity contribution in [3.63, 3.8) is 0 Å². The van der Waals surface area contributed by atoms with E-state index in [0.717, 1.165) is 5.56 Å². The summed E-state index contributed by atoms with van der Waals surface area (Å²) in [5.74, 6) is 1.33. The van der Waals surface area contributed by atoms with Crippen molar-refractivity contribution in [1.29, 1.82) is 0 Å². The fourth-order valence-electron chi connectivity index (χ4n) is 3.40. The molecule has 5 heterocycles. The summed E-state index contributed by atoms with van der Waals surface area (Å²) in [5, 5.41) is 6.99. The van der Waals surface area contributed by atoms with E-state index in [1.165, 1.54) is 6.33 Å². The normalized spacial score (nSPS) is 12.6. The van der Waals surface area contributed by atoms with Crippen LogP contribution in [0.3, 0.4) is 0 Å². The first-order valence-electron chi connectivity index (χ1n) is 11.0. The molecule has 0 aliphatic heterocycles. The molecular weight excluding hydrogens is 446 g/mol. The van der Waals surface area contributed by atoms with Gasteiger partial charge in [0.25, 0.3) is 5.91 Å². The van der Waals surface area contributed by atoms with Gasteiger partial charge in [-0.3, -0.25) is 9.78 Å². The number of hydrogen-bond acceptors (Lipinski definition) is 9. The van der Waals surface area contributed by atoms with Crippen molar-refractivity contribution in [3.05, 3.63) is 66.5 Å². The minimum atomic E-state index is -0.459. The van der Waals surface area contributed by atoms with Crippen LogP contribution >= 0.6 is 0 Å². The van der Waals surface area contributed by atoms with Gasteiger partial charge in [-0.05, 0) is 25.1 Å². The van der Waals surface area contributed by atoms with Crippen LogP contribution in [0.1, 0.15) is 55.8 Å². The number of fused-ring (bicyclic) bond motifs is 1. The second-order valence-corrected chi connectivity index (χ2v) is 9.10. The van der Waals surface area contributed by atoms with Crippen LogP contribution in [0.4, 0.5) is 0 Å². The standard InChI is InChI=1S/C24H23N9O2/c1-13(29-22(34)17-9-15(27-12-28-17)14-5-7-25-8-6-14)19-10-16(33-35-19)20-30-18-11-26-23(24(2,3)4)32-21(18)31-20/h5-13H,1-4H3,(H,29,34)(H,26,30,31,32)/t13-/m1/s1. The average Bonchev–Trinajstić information content (AvgIpc) is 3.51. The molecule has 11 heteroatoms. The van der Waals surface area contributed by atoms with E-state index in [0.29, 0.717) is 40.0 Å². The largest absolute Gasteiger partial charge is 0.358 e. The van der Waals surface area contributed by atoms with Crippen molar-refractivity contribution in [2.45, 2.75) is 39.2 Å². The van der Waals surface area contributed by atoms with Crippen molar-refractivity contribution in [2.24, 2.45) is 0 Å². The Labute approximate surface area is 200 Å². The topological polar surface area (TPSA) is 148 Å². The summed E-state index contributed by atoms with van der Waals surface area (Å²) in [6, 6.07) is 6.53. The highest BCUT2D eigenvalue weighted by molar-refractivity contribution is 5.93. The molecule has 1 atom stereocenters. The molecule has 0 unspecified atom stereocenters. The molecule has 176 valence electrons. The minimum absolute atomic E-state index is 0.184. The van der Waals surface area contributed by atoms with E-state index in [2.05, 4.69) is 45.4 Å². The molecule has 0 saturated heterocycles.